The van der Waals surface area contributed by atoms with Crippen molar-refractivity contribution in [2.75, 3.05) is 12.4 Å². The van der Waals surface area contributed by atoms with E-state index in [2.05, 4.69) is 21.2 Å². The number of alkyl halides is 1. The summed E-state index contributed by atoms with van der Waals surface area (Å²) in [7, 11) is -3.37. The van der Waals surface area contributed by atoms with Gasteiger partial charge in [-0.2, -0.15) is 0 Å². The lowest BCUT2D eigenvalue weighted by atomic mass is 10.0. The number of hydrogen-bond donors (Lipinski definition) is 2. The van der Waals surface area contributed by atoms with Crippen molar-refractivity contribution in [3.05, 3.63) is 0 Å². The van der Waals surface area contributed by atoms with Crippen molar-refractivity contribution in [2.24, 2.45) is 5.92 Å². The van der Waals surface area contributed by atoms with Crippen LogP contribution in [-0.2, 0) is 14.6 Å². The lowest BCUT2D eigenvalue weighted by Gasteiger charge is -2.33. The largest absolute Gasteiger partial charge is 0.444 e. The second kappa shape index (κ2) is 5.97. The van der Waals surface area contributed by atoms with Crippen LogP contribution in [0.2, 0.25) is 0 Å². The van der Waals surface area contributed by atoms with E-state index in [-0.39, 0.29) is 18.3 Å². The predicted molar refractivity (Wildman–Crippen MR) is 74.9 cm³/mol. The Labute approximate surface area is 121 Å². The number of ether oxygens (including phenoxy) is 1. The quantitative estimate of drug-likeness (QED) is 0.720. The molecule has 0 radical (unpaired) electrons. The Bertz CT molecular complexity index is 431. The van der Waals surface area contributed by atoms with Gasteiger partial charge in [0.2, 0.25) is 0 Å². The number of amides is 1. The molecule has 0 aromatic carbocycles. The first-order chi connectivity index (χ1) is 8.55. The number of carbonyl (C=O) groups is 1. The molecule has 1 saturated heterocycles. The van der Waals surface area contributed by atoms with Gasteiger partial charge in [-0.15, -0.1) is 0 Å². The molecule has 0 bridgehead atoms. The molecular formula is C11H20BrNO5S. The van der Waals surface area contributed by atoms with Crippen molar-refractivity contribution in [1.29, 1.82) is 0 Å². The SMILES string of the molecule is CC(C)(C)OC(=O)N[C@@H]1C[C@@H](CO)CS(=O)(=O)[C@@H]1Br. The smallest absolute Gasteiger partial charge is 0.407 e. The third-order valence-corrected chi connectivity index (χ3v) is 6.97. The van der Waals surface area contributed by atoms with Crippen LogP contribution < -0.4 is 5.32 Å². The molecule has 112 valence electrons. The second-order valence-corrected chi connectivity index (χ2v) is 9.48. The van der Waals surface area contributed by atoms with Crippen LogP contribution in [0.1, 0.15) is 27.2 Å². The van der Waals surface area contributed by atoms with Crippen LogP contribution in [0.4, 0.5) is 4.79 Å². The third-order valence-electron chi connectivity index (χ3n) is 2.68. The second-order valence-electron chi connectivity index (χ2n) is 5.72. The molecule has 1 amide bonds. The number of nitrogens with one attached hydrogen (secondary N) is 1. The van der Waals surface area contributed by atoms with E-state index in [0.717, 1.165) is 0 Å². The fraction of sp³-hybridized carbons (Fsp3) is 0.909. The number of alkyl carbamates (subject to hydrolysis) is 1. The summed E-state index contributed by atoms with van der Waals surface area (Å²) in [5.74, 6) is -0.440. The molecule has 0 saturated carbocycles. The molecule has 1 rings (SSSR count). The number of sulfone groups is 1. The molecule has 0 aromatic heterocycles. The summed E-state index contributed by atoms with van der Waals surface area (Å²) < 4.78 is 28.0. The molecular weight excluding hydrogens is 338 g/mol. The van der Waals surface area contributed by atoms with Crippen LogP contribution in [0.3, 0.4) is 0 Å². The minimum atomic E-state index is -3.37. The van der Waals surface area contributed by atoms with Gasteiger partial charge in [-0.3, -0.25) is 0 Å². The van der Waals surface area contributed by atoms with Gasteiger partial charge in [0.05, 0.1) is 11.8 Å². The van der Waals surface area contributed by atoms with E-state index in [4.69, 9.17) is 9.84 Å². The zero-order valence-corrected chi connectivity index (χ0v) is 13.6. The number of rotatable bonds is 2. The van der Waals surface area contributed by atoms with Crippen LogP contribution in [0, 0.1) is 5.92 Å². The van der Waals surface area contributed by atoms with E-state index in [0.29, 0.717) is 6.42 Å². The fourth-order valence-electron chi connectivity index (χ4n) is 1.92. The predicted octanol–water partition coefficient (Wildman–Crippen LogP) is 1.03. The van der Waals surface area contributed by atoms with E-state index in [1.807, 2.05) is 0 Å². The summed E-state index contributed by atoms with van der Waals surface area (Å²) in [6.07, 6.45) is -0.263. The van der Waals surface area contributed by atoms with Gasteiger partial charge in [0.1, 0.15) is 9.76 Å². The zero-order chi connectivity index (χ0) is 14.8. The van der Waals surface area contributed by atoms with Gasteiger partial charge in [0.15, 0.2) is 9.84 Å². The highest BCUT2D eigenvalue weighted by molar-refractivity contribution is 9.11. The maximum Gasteiger partial charge on any atom is 0.407 e. The van der Waals surface area contributed by atoms with Crippen molar-refractivity contribution in [3.63, 3.8) is 0 Å². The average Bonchev–Trinajstić information content (AvgIpc) is 2.21. The average molecular weight is 358 g/mol. The molecule has 6 nitrogen and oxygen atoms in total. The number of aliphatic hydroxyl groups is 1. The maximum absolute atomic E-state index is 11.9. The number of carbonyl (C=O) groups excluding carboxylic acids is 1. The van der Waals surface area contributed by atoms with Gasteiger partial charge in [-0.25, -0.2) is 13.2 Å². The molecule has 0 spiro atoms. The summed E-state index contributed by atoms with van der Waals surface area (Å²) in [6.45, 7) is 4.97. The van der Waals surface area contributed by atoms with Crippen molar-refractivity contribution in [1.82, 2.24) is 5.32 Å². The number of halogens is 1. The van der Waals surface area contributed by atoms with Crippen LogP contribution in [0.25, 0.3) is 0 Å². The molecule has 0 aliphatic carbocycles. The van der Waals surface area contributed by atoms with E-state index in [1.54, 1.807) is 20.8 Å². The topological polar surface area (TPSA) is 92.7 Å². The van der Waals surface area contributed by atoms with Gasteiger partial charge in [0, 0.05) is 6.61 Å². The molecule has 1 fully saturated rings. The highest BCUT2D eigenvalue weighted by Gasteiger charge is 2.41. The lowest BCUT2D eigenvalue weighted by molar-refractivity contribution is 0.0497. The minimum absolute atomic E-state index is 0.0775. The molecule has 1 aliphatic rings. The first kappa shape index (κ1) is 16.7. The van der Waals surface area contributed by atoms with Gasteiger partial charge in [-0.1, -0.05) is 15.9 Å². The lowest BCUT2D eigenvalue weighted by Crippen LogP contribution is -2.51. The van der Waals surface area contributed by atoms with Crippen molar-refractivity contribution < 1.29 is 23.1 Å². The highest BCUT2D eigenvalue weighted by atomic mass is 79.9. The Hall–Kier alpha value is -0.340. The first-order valence-electron chi connectivity index (χ1n) is 6.01. The van der Waals surface area contributed by atoms with Gasteiger partial charge in [0.25, 0.3) is 0 Å². The minimum Gasteiger partial charge on any atom is -0.444 e. The number of aliphatic hydroxyl groups excluding tert-OH is 1. The normalized spacial score (nSPS) is 30.7. The van der Waals surface area contributed by atoms with E-state index >= 15 is 0 Å². The van der Waals surface area contributed by atoms with Crippen LogP contribution in [-0.4, -0.2) is 47.8 Å². The van der Waals surface area contributed by atoms with Crippen molar-refractivity contribution in [2.45, 2.75) is 43.0 Å². The summed E-state index contributed by atoms with van der Waals surface area (Å²) in [5.41, 5.74) is -0.643. The Kier molecular flexibility index (Phi) is 5.25. The van der Waals surface area contributed by atoms with Gasteiger partial charge >= 0.3 is 6.09 Å². The monoisotopic (exact) mass is 357 g/mol. The van der Waals surface area contributed by atoms with E-state index < -0.39 is 31.7 Å². The summed E-state index contributed by atoms with van der Waals surface area (Å²) in [5, 5.41) is 11.7. The summed E-state index contributed by atoms with van der Waals surface area (Å²) >= 11 is 3.10. The Morgan fingerprint density at radius 3 is 2.53 bits per heavy atom. The Morgan fingerprint density at radius 1 is 1.47 bits per heavy atom. The molecule has 1 heterocycles. The Morgan fingerprint density at radius 2 is 2.05 bits per heavy atom. The van der Waals surface area contributed by atoms with Crippen molar-refractivity contribution in [3.8, 4) is 0 Å². The highest BCUT2D eigenvalue weighted by Crippen LogP contribution is 2.28. The van der Waals surface area contributed by atoms with Gasteiger partial charge in [-0.05, 0) is 33.1 Å². The van der Waals surface area contributed by atoms with Crippen LogP contribution in [0.15, 0.2) is 0 Å². The van der Waals surface area contributed by atoms with Gasteiger partial charge < -0.3 is 15.2 Å². The first-order valence-corrected chi connectivity index (χ1v) is 8.64. The molecule has 8 heteroatoms. The summed E-state index contributed by atoms with van der Waals surface area (Å²) in [6, 6.07) is -0.606. The Balaban J connectivity index is 2.73. The van der Waals surface area contributed by atoms with E-state index in [1.165, 1.54) is 0 Å². The molecule has 3 atom stereocenters. The standard InChI is InChI=1S/C11H20BrNO5S/c1-11(2,3)18-10(15)13-8-4-7(5-14)6-19(16,17)9(8)12/h7-9,14H,4-6H2,1-3H3,(H,13,15)/t7-,8+,9-/m0/s1. The summed E-state index contributed by atoms with van der Waals surface area (Å²) in [4.78, 5) is 11.7. The number of hydrogen-bond acceptors (Lipinski definition) is 5. The van der Waals surface area contributed by atoms with Crippen LogP contribution in [0.5, 0.6) is 0 Å². The van der Waals surface area contributed by atoms with E-state index in [9.17, 15) is 13.2 Å². The molecule has 19 heavy (non-hydrogen) atoms. The van der Waals surface area contributed by atoms with Crippen molar-refractivity contribution >= 4 is 31.9 Å². The molecule has 0 aromatic rings. The fourth-order valence-corrected chi connectivity index (χ4v) is 4.48. The molecule has 1 aliphatic heterocycles. The molecule has 2 N–H and O–H groups in total. The maximum atomic E-state index is 11.9. The zero-order valence-electron chi connectivity index (χ0n) is 11.2. The third kappa shape index (κ3) is 4.92. The van der Waals surface area contributed by atoms with Crippen LogP contribution >= 0.6 is 15.9 Å². The molecule has 0 unspecified atom stereocenters.